The minimum absolute atomic E-state index is 0.133. The van der Waals surface area contributed by atoms with Crippen LogP contribution in [-0.2, 0) is 4.79 Å². The number of rotatable bonds is 3. The van der Waals surface area contributed by atoms with Crippen LogP contribution in [-0.4, -0.2) is 31.5 Å². The smallest absolute Gasteiger partial charge is 0.287 e. The Morgan fingerprint density at radius 1 is 1.39 bits per heavy atom. The molecule has 1 aromatic carbocycles. The van der Waals surface area contributed by atoms with Crippen molar-refractivity contribution in [3.63, 3.8) is 0 Å². The van der Waals surface area contributed by atoms with Crippen LogP contribution in [0.15, 0.2) is 22.6 Å². The molecule has 1 saturated heterocycles. The Morgan fingerprint density at radius 2 is 2.22 bits per heavy atom. The van der Waals surface area contributed by atoms with Gasteiger partial charge in [0.15, 0.2) is 5.76 Å². The second-order valence-electron chi connectivity index (χ2n) is 5.73. The van der Waals surface area contributed by atoms with Gasteiger partial charge < -0.3 is 19.8 Å². The van der Waals surface area contributed by atoms with Crippen LogP contribution in [0.25, 0.3) is 11.0 Å². The Labute approximate surface area is 134 Å². The Kier molecular flexibility index (Phi) is 4.23. The lowest BCUT2D eigenvalue weighted by molar-refractivity contribution is -0.122. The first kappa shape index (κ1) is 15.4. The highest BCUT2D eigenvalue weighted by atomic mass is 16.5. The van der Waals surface area contributed by atoms with Crippen molar-refractivity contribution in [1.82, 2.24) is 10.6 Å². The van der Waals surface area contributed by atoms with E-state index >= 15 is 0 Å². The van der Waals surface area contributed by atoms with Gasteiger partial charge in [-0.05, 0) is 44.4 Å². The van der Waals surface area contributed by atoms with Crippen molar-refractivity contribution >= 4 is 22.8 Å². The minimum Gasteiger partial charge on any atom is -0.497 e. The van der Waals surface area contributed by atoms with Crippen LogP contribution >= 0.6 is 0 Å². The number of benzene rings is 1. The van der Waals surface area contributed by atoms with Crippen molar-refractivity contribution in [1.29, 1.82) is 0 Å². The van der Waals surface area contributed by atoms with Gasteiger partial charge in [-0.3, -0.25) is 9.59 Å². The van der Waals surface area contributed by atoms with Gasteiger partial charge >= 0.3 is 0 Å². The van der Waals surface area contributed by atoms with Gasteiger partial charge in [-0.25, -0.2) is 0 Å². The lowest BCUT2D eigenvalue weighted by Gasteiger charge is -2.14. The molecule has 2 heterocycles. The van der Waals surface area contributed by atoms with Crippen molar-refractivity contribution in [3.8, 4) is 5.75 Å². The molecule has 2 amide bonds. The van der Waals surface area contributed by atoms with Crippen molar-refractivity contribution in [3.05, 3.63) is 29.5 Å². The van der Waals surface area contributed by atoms with Crippen LogP contribution in [0.2, 0.25) is 0 Å². The van der Waals surface area contributed by atoms with E-state index in [-0.39, 0.29) is 17.6 Å². The third-order valence-electron chi connectivity index (χ3n) is 4.19. The molecule has 0 spiro atoms. The van der Waals surface area contributed by atoms with E-state index in [1.54, 1.807) is 19.2 Å². The van der Waals surface area contributed by atoms with Crippen molar-refractivity contribution < 1.29 is 18.7 Å². The van der Waals surface area contributed by atoms with Gasteiger partial charge in [0.2, 0.25) is 5.91 Å². The summed E-state index contributed by atoms with van der Waals surface area (Å²) in [6.45, 7) is 2.49. The molecule has 0 unspecified atom stereocenters. The molecule has 1 aromatic heterocycles. The summed E-state index contributed by atoms with van der Waals surface area (Å²) in [6, 6.07) is 4.89. The van der Waals surface area contributed by atoms with Gasteiger partial charge in [0, 0.05) is 17.5 Å². The fraction of sp³-hybridized carbons (Fsp3) is 0.412. The minimum atomic E-state index is -0.507. The lowest BCUT2D eigenvalue weighted by atomic mass is 10.1. The fourth-order valence-corrected chi connectivity index (χ4v) is 2.84. The molecule has 3 rings (SSSR count). The number of carbonyl (C=O) groups is 2. The maximum atomic E-state index is 12.5. The van der Waals surface area contributed by atoms with Gasteiger partial charge in [-0.15, -0.1) is 0 Å². The molecule has 2 N–H and O–H groups in total. The lowest BCUT2D eigenvalue weighted by Crippen LogP contribution is -2.45. The molecule has 23 heavy (non-hydrogen) atoms. The molecule has 2 aromatic rings. The van der Waals surface area contributed by atoms with Gasteiger partial charge in [0.1, 0.15) is 17.4 Å². The molecule has 0 aliphatic carbocycles. The van der Waals surface area contributed by atoms with Crippen molar-refractivity contribution in [2.45, 2.75) is 32.2 Å². The Bertz CT molecular complexity index is 750. The van der Waals surface area contributed by atoms with Gasteiger partial charge in [-0.2, -0.15) is 0 Å². The number of amides is 2. The number of fused-ring (bicyclic) bond motifs is 1. The maximum Gasteiger partial charge on any atom is 0.287 e. The van der Waals surface area contributed by atoms with E-state index in [2.05, 4.69) is 10.6 Å². The summed E-state index contributed by atoms with van der Waals surface area (Å²) in [5.41, 5.74) is 1.36. The molecule has 0 saturated carbocycles. The molecular formula is C17H20N2O4. The normalized spacial score (nSPS) is 18.3. The van der Waals surface area contributed by atoms with Crippen molar-refractivity contribution in [2.75, 3.05) is 13.7 Å². The number of carbonyl (C=O) groups excluding carboxylic acids is 2. The van der Waals surface area contributed by atoms with E-state index in [1.807, 2.05) is 13.0 Å². The second-order valence-corrected chi connectivity index (χ2v) is 5.73. The zero-order chi connectivity index (χ0) is 16.4. The summed E-state index contributed by atoms with van der Waals surface area (Å²) in [6.07, 6.45) is 2.48. The first-order valence-electron chi connectivity index (χ1n) is 7.76. The fourth-order valence-electron chi connectivity index (χ4n) is 2.84. The van der Waals surface area contributed by atoms with Crippen LogP contribution in [0, 0.1) is 6.92 Å². The van der Waals surface area contributed by atoms with Gasteiger partial charge in [0.05, 0.1) is 7.11 Å². The largest absolute Gasteiger partial charge is 0.497 e. The number of ether oxygens (including phenoxy) is 1. The SMILES string of the molecule is COc1ccc2oc(C(=O)N[C@H]3CCCCNC3=O)c(C)c2c1. The number of methoxy groups -OCH3 is 1. The summed E-state index contributed by atoms with van der Waals surface area (Å²) < 4.78 is 10.9. The van der Waals surface area contributed by atoms with E-state index in [0.717, 1.165) is 23.8 Å². The van der Waals surface area contributed by atoms with E-state index in [4.69, 9.17) is 9.15 Å². The number of aryl methyl sites for hydroxylation is 1. The van der Waals surface area contributed by atoms with Crippen LogP contribution in [0.4, 0.5) is 0 Å². The van der Waals surface area contributed by atoms with Crippen LogP contribution in [0.5, 0.6) is 5.75 Å². The summed E-state index contributed by atoms with van der Waals surface area (Å²) in [7, 11) is 1.59. The van der Waals surface area contributed by atoms with E-state index < -0.39 is 6.04 Å². The third kappa shape index (κ3) is 3.02. The van der Waals surface area contributed by atoms with Crippen molar-refractivity contribution in [2.24, 2.45) is 0 Å². The average Bonchev–Trinajstić information content (AvgIpc) is 2.75. The predicted molar refractivity (Wildman–Crippen MR) is 85.6 cm³/mol. The zero-order valence-electron chi connectivity index (χ0n) is 13.3. The first-order valence-corrected chi connectivity index (χ1v) is 7.76. The summed E-state index contributed by atoms with van der Waals surface area (Å²) in [4.78, 5) is 24.4. The number of hydrogen-bond donors (Lipinski definition) is 2. The summed E-state index contributed by atoms with van der Waals surface area (Å²) in [5.74, 6) is 0.452. The first-order chi connectivity index (χ1) is 11.1. The Balaban J connectivity index is 1.85. The highest BCUT2D eigenvalue weighted by Crippen LogP contribution is 2.28. The molecule has 1 atom stereocenters. The Hall–Kier alpha value is -2.50. The van der Waals surface area contributed by atoms with E-state index in [0.29, 0.717) is 24.3 Å². The average molecular weight is 316 g/mol. The molecule has 1 fully saturated rings. The Morgan fingerprint density at radius 3 is 3.00 bits per heavy atom. The maximum absolute atomic E-state index is 12.5. The predicted octanol–water partition coefficient (Wildman–Crippen LogP) is 2.15. The summed E-state index contributed by atoms with van der Waals surface area (Å²) in [5, 5.41) is 6.42. The van der Waals surface area contributed by atoms with Gasteiger partial charge in [0.25, 0.3) is 5.91 Å². The van der Waals surface area contributed by atoms with E-state index in [1.165, 1.54) is 0 Å². The molecule has 122 valence electrons. The second kappa shape index (κ2) is 6.32. The molecule has 6 heteroatoms. The zero-order valence-corrected chi connectivity index (χ0v) is 13.3. The highest BCUT2D eigenvalue weighted by Gasteiger charge is 2.26. The molecule has 1 aliphatic heterocycles. The number of hydrogen-bond acceptors (Lipinski definition) is 4. The monoisotopic (exact) mass is 316 g/mol. The molecule has 0 radical (unpaired) electrons. The standard InChI is InChI=1S/C17H20N2O4/c1-10-12-9-11(22-2)6-7-14(12)23-15(10)17(21)19-13-5-3-4-8-18-16(13)20/h6-7,9,13H,3-5,8H2,1-2H3,(H,18,20)(H,19,21)/t13-/m0/s1. The summed E-state index contributed by atoms with van der Waals surface area (Å²) >= 11 is 0. The quantitative estimate of drug-likeness (QED) is 0.909. The van der Waals surface area contributed by atoms with E-state index in [9.17, 15) is 9.59 Å². The molecule has 0 bridgehead atoms. The molecular weight excluding hydrogens is 296 g/mol. The molecule has 6 nitrogen and oxygen atoms in total. The molecule has 1 aliphatic rings. The van der Waals surface area contributed by atoms with Crippen LogP contribution < -0.4 is 15.4 Å². The third-order valence-corrected chi connectivity index (χ3v) is 4.19. The topological polar surface area (TPSA) is 80.6 Å². The van der Waals surface area contributed by atoms with Gasteiger partial charge in [-0.1, -0.05) is 0 Å². The number of nitrogens with one attached hydrogen (secondary N) is 2. The van der Waals surface area contributed by atoms with Crippen LogP contribution in [0.3, 0.4) is 0 Å². The number of furan rings is 1. The van der Waals surface area contributed by atoms with Crippen LogP contribution in [0.1, 0.15) is 35.4 Å². The highest BCUT2D eigenvalue weighted by molar-refractivity contribution is 6.01.